The van der Waals surface area contributed by atoms with Gasteiger partial charge in [0.15, 0.2) is 5.71 Å². The van der Waals surface area contributed by atoms with Gasteiger partial charge in [-0.3, -0.25) is 9.59 Å². The molecule has 0 radical (unpaired) electrons. The molecule has 4 heterocycles. The van der Waals surface area contributed by atoms with Crippen LogP contribution < -0.4 is 68.8 Å². The molecule has 84 heavy (non-hydrogen) atoms. The first-order valence-corrected chi connectivity index (χ1v) is 31.5. The van der Waals surface area contributed by atoms with E-state index in [9.17, 15) is 53.3 Å². The Labute approximate surface area is 536 Å². The molecular weight excluding hydrogens is 1170 g/mol. The van der Waals surface area contributed by atoms with E-state index in [-0.39, 0.29) is 117 Å². The number of allylic oxidation sites excluding steroid dienone is 5. The normalized spacial score (nSPS) is 18.0. The molecule has 3 aromatic carbocycles. The average Bonchev–Trinajstić information content (AvgIpc) is 3.29. The van der Waals surface area contributed by atoms with Gasteiger partial charge in [-0.1, -0.05) is 48.6 Å². The Kier molecular flexibility index (Phi) is 26.8. The molecule has 0 N–H and O–H groups in total. The summed E-state index contributed by atoms with van der Waals surface area (Å²) in [5, 5.41) is 0.443. The minimum atomic E-state index is -4.99. The SMILES string of the molecule is COCCOCCOCCOCCOCCC1=CC(C)(C)N(CCCS(=O)(=O)[O-])c2cc3c(cc21)C(=CC=CC1=[N+](CCCS(=O)(=O)[O-])c2ccc(S(=O)(=O)[O-])cc2C1(C)CCCC(=O)ON1C(=O)CCC1=O)C=C(c1ccccc1)O3.[Na+].[Na+]. The molecule has 0 aromatic heterocycles. The Bertz CT molecular complexity index is 3330. The molecule has 22 nitrogen and oxygen atoms in total. The van der Waals surface area contributed by atoms with E-state index in [4.69, 9.17) is 33.3 Å². The molecule has 0 spiro atoms. The first-order chi connectivity index (χ1) is 38.9. The van der Waals surface area contributed by atoms with E-state index in [1.807, 2.05) is 73.4 Å². The minimum absolute atomic E-state index is 0. The number of fused-ring (bicyclic) bond motifs is 3. The van der Waals surface area contributed by atoms with Crippen molar-refractivity contribution in [1.82, 2.24) is 5.06 Å². The fourth-order valence-corrected chi connectivity index (χ4v) is 11.8. The Morgan fingerprint density at radius 1 is 0.750 bits per heavy atom. The van der Waals surface area contributed by atoms with Gasteiger partial charge in [-0.2, -0.15) is 4.58 Å². The zero-order chi connectivity index (χ0) is 59.3. The fourth-order valence-electron chi connectivity index (χ4n) is 10.3. The number of carbonyl (C=O) groups excluding carboxylic acids is 3. The van der Waals surface area contributed by atoms with E-state index in [1.165, 1.54) is 12.1 Å². The van der Waals surface area contributed by atoms with Crippen molar-refractivity contribution in [2.75, 3.05) is 96.1 Å². The third kappa shape index (κ3) is 19.5. The number of hydrogen-bond acceptors (Lipinski definition) is 20. The van der Waals surface area contributed by atoms with Gasteiger partial charge in [-0.05, 0) is 81.9 Å². The van der Waals surface area contributed by atoms with Gasteiger partial charge in [-0.25, -0.2) is 30.0 Å². The Hall–Kier alpha value is -3.97. The van der Waals surface area contributed by atoms with Gasteiger partial charge in [0.05, 0.1) is 95.5 Å². The van der Waals surface area contributed by atoms with Gasteiger partial charge < -0.3 is 51.8 Å². The molecule has 0 bridgehead atoms. The summed E-state index contributed by atoms with van der Waals surface area (Å²) in [6.07, 6.45) is 9.37. The van der Waals surface area contributed by atoms with Crippen LogP contribution in [0.1, 0.15) is 94.4 Å². The summed E-state index contributed by atoms with van der Waals surface area (Å²) < 4.78 is 145. The number of hydrogen-bond donors (Lipinski definition) is 0. The molecule has 1 unspecified atom stereocenters. The predicted molar refractivity (Wildman–Crippen MR) is 299 cm³/mol. The number of benzene rings is 3. The van der Waals surface area contributed by atoms with Crippen LogP contribution in [0.2, 0.25) is 0 Å². The van der Waals surface area contributed by atoms with E-state index in [0.29, 0.717) is 111 Å². The Morgan fingerprint density at radius 3 is 1.96 bits per heavy atom. The average molecular weight is 1240 g/mol. The molecule has 7 rings (SSSR count). The number of amides is 2. The molecule has 0 saturated carbocycles. The molecule has 3 aromatic rings. The molecule has 4 aliphatic heterocycles. The second-order valence-corrected chi connectivity index (χ2v) is 25.0. The molecule has 27 heteroatoms. The van der Waals surface area contributed by atoms with Crippen LogP contribution in [-0.4, -0.2) is 169 Å². The Balaban J connectivity index is 0.00000645. The van der Waals surface area contributed by atoms with E-state index < -0.39 is 75.5 Å². The first-order valence-electron chi connectivity index (χ1n) is 26.9. The van der Waals surface area contributed by atoms with Gasteiger partial charge in [0.2, 0.25) is 5.69 Å². The van der Waals surface area contributed by atoms with Crippen LogP contribution in [0.15, 0.2) is 95.9 Å². The number of carbonyl (C=O) groups is 3. The number of anilines is 1. The zero-order valence-electron chi connectivity index (χ0n) is 48.3. The summed E-state index contributed by atoms with van der Waals surface area (Å²) in [6.45, 7) is 9.56. The van der Waals surface area contributed by atoms with Crippen LogP contribution in [-0.2, 0) is 78.7 Å². The van der Waals surface area contributed by atoms with Crippen LogP contribution in [0.5, 0.6) is 5.75 Å². The van der Waals surface area contributed by atoms with Gasteiger partial charge >= 0.3 is 65.1 Å². The van der Waals surface area contributed by atoms with Crippen LogP contribution in [0.25, 0.3) is 16.9 Å². The van der Waals surface area contributed by atoms with Crippen LogP contribution in [0.3, 0.4) is 0 Å². The van der Waals surface area contributed by atoms with Crippen molar-refractivity contribution in [3.05, 3.63) is 113 Å². The summed E-state index contributed by atoms with van der Waals surface area (Å²) >= 11 is 0. The standard InChI is InChI=1S/C57H71N3O19S3.2Na/c1-56(2)40-43(21-25-74-28-29-76-32-33-77-31-30-75-27-26-73-4)45-38-46-42(36-50(41-12-6-5-7-13-41)78-51(46)39-49(45)59(56)24-11-35-81(67,68)69)14-8-15-52-57(3,22-9-16-55(63)79-60-53(61)19-20-54(60)62)47-37-44(82(70,71)72)17-18-48(47)58(52)23-10-34-80(64,65)66;;/h5-8,12-15,17-18,36-40H,9-11,16,19-35H2,1-4H3,(H2-,64,65,66,67,68,69,70,71,72);;/q;2*+1/p-2. The molecule has 0 aliphatic carbocycles. The number of nitrogens with zero attached hydrogens (tertiary/aromatic N) is 3. The third-order valence-electron chi connectivity index (χ3n) is 14.2. The summed E-state index contributed by atoms with van der Waals surface area (Å²) in [4.78, 5) is 44.2. The number of hydroxylamine groups is 2. The van der Waals surface area contributed by atoms with Crippen LogP contribution >= 0.6 is 0 Å². The summed E-state index contributed by atoms with van der Waals surface area (Å²) in [5.74, 6) is -2.52. The molecule has 2 amide bonds. The third-order valence-corrected chi connectivity index (χ3v) is 16.6. The summed E-state index contributed by atoms with van der Waals surface area (Å²) in [7, 11) is -12.6. The summed E-state index contributed by atoms with van der Waals surface area (Å²) in [5.41, 5.74) is 3.94. The smallest absolute Gasteiger partial charge is 0.748 e. The number of imide groups is 1. The molecule has 1 saturated heterocycles. The monoisotopic (exact) mass is 1240 g/mol. The quantitative estimate of drug-likeness (QED) is 0.0256. The maximum Gasteiger partial charge on any atom is 1.00 e. The number of ether oxygens (including phenoxy) is 6. The number of methoxy groups -OCH3 is 1. The molecule has 1 fully saturated rings. The maximum atomic E-state index is 13.1. The van der Waals surface area contributed by atoms with Crippen molar-refractivity contribution >= 4 is 82.1 Å². The molecular formula is C57H69N3Na2O19S3. The largest absolute Gasteiger partial charge is 1.00 e. The van der Waals surface area contributed by atoms with Crippen molar-refractivity contribution in [2.45, 2.75) is 88.0 Å². The van der Waals surface area contributed by atoms with E-state index in [0.717, 1.165) is 28.5 Å². The van der Waals surface area contributed by atoms with Gasteiger partial charge in [0.1, 0.15) is 28.2 Å². The van der Waals surface area contributed by atoms with Crippen molar-refractivity contribution in [2.24, 2.45) is 0 Å². The van der Waals surface area contributed by atoms with Crippen LogP contribution in [0.4, 0.5) is 11.4 Å². The molecule has 1 atom stereocenters. The number of rotatable bonds is 32. The fraction of sp³-hybridized carbons (Fsp3) is 0.474. The summed E-state index contributed by atoms with van der Waals surface area (Å²) in [6, 6.07) is 17.1. The second-order valence-electron chi connectivity index (χ2n) is 20.6. The van der Waals surface area contributed by atoms with E-state index in [2.05, 4.69) is 6.08 Å². The topological polar surface area (TPSA) is 297 Å². The zero-order valence-corrected chi connectivity index (χ0v) is 54.8. The predicted octanol–water partition coefficient (Wildman–Crippen LogP) is -0.239. The van der Waals surface area contributed by atoms with Gasteiger partial charge in [0.25, 0.3) is 11.8 Å². The first kappa shape index (κ1) is 70.8. The van der Waals surface area contributed by atoms with Gasteiger partial charge in [-0.15, -0.1) is 5.06 Å². The van der Waals surface area contributed by atoms with Gasteiger partial charge in [0, 0.05) is 97.0 Å². The van der Waals surface area contributed by atoms with Crippen molar-refractivity contribution in [1.29, 1.82) is 0 Å². The second kappa shape index (κ2) is 31.8. The Morgan fingerprint density at radius 2 is 1.36 bits per heavy atom. The van der Waals surface area contributed by atoms with E-state index >= 15 is 0 Å². The van der Waals surface area contributed by atoms with Crippen molar-refractivity contribution in [3.8, 4) is 5.75 Å². The van der Waals surface area contributed by atoms with Crippen molar-refractivity contribution in [3.63, 3.8) is 0 Å². The van der Waals surface area contributed by atoms with E-state index in [1.54, 1.807) is 30.8 Å². The minimum Gasteiger partial charge on any atom is -0.748 e. The maximum absolute atomic E-state index is 13.1. The van der Waals surface area contributed by atoms with Crippen molar-refractivity contribution < 1.29 is 150 Å². The molecule has 446 valence electrons. The molecule has 4 aliphatic rings. The van der Waals surface area contributed by atoms with Crippen LogP contribution in [0, 0.1) is 0 Å².